The van der Waals surface area contributed by atoms with E-state index >= 15 is 0 Å². The summed E-state index contributed by atoms with van der Waals surface area (Å²) in [6, 6.07) is -0.365. The lowest BCUT2D eigenvalue weighted by Gasteiger charge is -2.29. The van der Waals surface area contributed by atoms with Crippen molar-refractivity contribution in [3.8, 4) is 0 Å². The summed E-state index contributed by atoms with van der Waals surface area (Å²) in [4.78, 5) is 10.8. The molecule has 0 aromatic rings. The second-order valence-corrected chi connectivity index (χ2v) is 4.06. The average molecular weight is 243 g/mol. The molecule has 0 bridgehead atoms. The summed E-state index contributed by atoms with van der Waals surface area (Å²) in [5, 5.41) is 27.9. The fraction of sp³-hybridized carbons (Fsp3) is 0.600. The number of carboxylic acids is 1. The highest BCUT2D eigenvalue weighted by Gasteiger charge is 2.27. The molecule has 3 unspecified atom stereocenters. The van der Waals surface area contributed by atoms with E-state index in [2.05, 4.69) is 5.32 Å². The molecule has 0 radical (unpaired) electrons. The first-order valence-corrected chi connectivity index (χ1v) is 5.29. The molecule has 0 amide bonds. The van der Waals surface area contributed by atoms with Gasteiger partial charge in [0, 0.05) is 12.8 Å². The van der Waals surface area contributed by atoms with E-state index in [1.807, 2.05) is 0 Å². The Labute approximate surface area is 98.8 Å². The second kappa shape index (κ2) is 5.53. The van der Waals surface area contributed by atoms with Crippen LogP contribution >= 0.6 is 0 Å². The van der Waals surface area contributed by atoms with Crippen molar-refractivity contribution in [3.63, 3.8) is 0 Å². The highest BCUT2D eigenvalue weighted by molar-refractivity contribution is 5.85. The SMILES string of the molecule is CC(O)CC1CC(NC(=N)N)C=C(C(=O)O)O1. The lowest BCUT2D eigenvalue weighted by Crippen LogP contribution is -2.43. The Hall–Kier alpha value is -1.76. The molecule has 0 saturated carbocycles. The molecular formula is C10H17N3O4. The summed E-state index contributed by atoms with van der Waals surface area (Å²) < 4.78 is 5.22. The summed E-state index contributed by atoms with van der Waals surface area (Å²) in [5.41, 5.74) is 5.20. The van der Waals surface area contributed by atoms with Gasteiger partial charge in [0.15, 0.2) is 5.96 Å². The first kappa shape index (κ1) is 13.3. The van der Waals surface area contributed by atoms with E-state index in [1.54, 1.807) is 6.92 Å². The van der Waals surface area contributed by atoms with E-state index in [0.29, 0.717) is 12.8 Å². The zero-order valence-electron chi connectivity index (χ0n) is 9.51. The molecule has 0 saturated heterocycles. The Morgan fingerprint density at radius 1 is 1.82 bits per heavy atom. The van der Waals surface area contributed by atoms with E-state index in [0.717, 1.165) is 0 Å². The predicted molar refractivity (Wildman–Crippen MR) is 60.3 cm³/mol. The van der Waals surface area contributed by atoms with Crippen molar-refractivity contribution < 1.29 is 19.7 Å². The van der Waals surface area contributed by atoms with Crippen LogP contribution in [0.4, 0.5) is 0 Å². The molecule has 0 spiro atoms. The zero-order valence-corrected chi connectivity index (χ0v) is 9.51. The maximum absolute atomic E-state index is 10.8. The molecular weight excluding hydrogens is 226 g/mol. The number of hydrogen-bond donors (Lipinski definition) is 5. The summed E-state index contributed by atoms with van der Waals surface area (Å²) in [6.45, 7) is 1.61. The smallest absolute Gasteiger partial charge is 0.370 e. The van der Waals surface area contributed by atoms with Crippen molar-refractivity contribution in [3.05, 3.63) is 11.8 Å². The summed E-state index contributed by atoms with van der Waals surface area (Å²) >= 11 is 0. The molecule has 96 valence electrons. The van der Waals surface area contributed by atoms with Crippen LogP contribution in [-0.4, -0.2) is 40.4 Å². The standard InChI is InChI=1S/C10H17N3O4/c1-5(14)2-7-3-6(13-10(11)12)4-8(17-7)9(15)16/h4-7,14H,2-3H2,1H3,(H,15,16)(H4,11,12,13). The van der Waals surface area contributed by atoms with Crippen molar-refractivity contribution in [1.29, 1.82) is 5.41 Å². The zero-order chi connectivity index (χ0) is 13.0. The Morgan fingerprint density at radius 2 is 2.47 bits per heavy atom. The topological polar surface area (TPSA) is 129 Å². The van der Waals surface area contributed by atoms with Crippen molar-refractivity contribution in [2.24, 2.45) is 5.73 Å². The number of nitrogens with two attached hydrogens (primary N) is 1. The molecule has 0 aromatic heterocycles. The van der Waals surface area contributed by atoms with Crippen LogP contribution in [0.15, 0.2) is 11.8 Å². The van der Waals surface area contributed by atoms with E-state index in [4.69, 9.17) is 21.0 Å². The Morgan fingerprint density at radius 3 is 2.94 bits per heavy atom. The second-order valence-electron chi connectivity index (χ2n) is 4.06. The van der Waals surface area contributed by atoms with Gasteiger partial charge < -0.3 is 26.0 Å². The van der Waals surface area contributed by atoms with Crippen molar-refractivity contribution >= 4 is 11.9 Å². The molecule has 1 aliphatic heterocycles. The minimum atomic E-state index is -1.17. The van der Waals surface area contributed by atoms with Gasteiger partial charge in [0.1, 0.15) is 6.10 Å². The molecule has 7 heteroatoms. The van der Waals surface area contributed by atoms with Gasteiger partial charge >= 0.3 is 5.97 Å². The molecule has 7 nitrogen and oxygen atoms in total. The third-order valence-electron chi connectivity index (χ3n) is 2.32. The van der Waals surface area contributed by atoms with Crippen LogP contribution in [0.1, 0.15) is 19.8 Å². The van der Waals surface area contributed by atoms with Gasteiger partial charge in [0.05, 0.1) is 12.1 Å². The van der Waals surface area contributed by atoms with Gasteiger partial charge in [0.2, 0.25) is 5.76 Å². The van der Waals surface area contributed by atoms with Gasteiger partial charge in [-0.05, 0) is 13.0 Å². The molecule has 0 aromatic carbocycles. The van der Waals surface area contributed by atoms with E-state index in [1.165, 1.54) is 6.08 Å². The van der Waals surface area contributed by atoms with Crippen LogP contribution < -0.4 is 11.1 Å². The lowest BCUT2D eigenvalue weighted by atomic mass is 10.0. The van der Waals surface area contributed by atoms with Crippen LogP contribution in [0.5, 0.6) is 0 Å². The normalized spacial score (nSPS) is 25.4. The first-order valence-electron chi connectivity index (χ1n) is 5.29. The van der Waals surface area contributed by atoms with Crippen LogP contribution in [0.25, 0.3) is 0 Å². The maximum atomic E-state index is 10.8. The molecule has 1 heterocycles. The Bertz CT molecular complexity index is 340. The van der Waals surface area contributed by atoms with Gasteiger partial charge in [-0.2, -0.15) is 0 Å². The molecule has 6 N–H and O–H groups in total. The summed E-state index contributed by atoms with van der Waals surface area (Å²) in [7, 11) is 0. The number of rotatable bonds is 4. The van der Waals surface area contributed by atoms with E-state index < -0.39 is 18.2 Å². The fourth-order valence-electron chi connectivity index (χ4n) is 1.75. The summed E-state index contributed by atoms with van der Waals surface area (Å²) in [6.07, 6.45) is 1.19. The fourth-order valence-corrected chi connectivity index (χ4v) is 1.75. The Kier molecular flexibility index (Phi) is 4.33. The lowest BCUT2D eigenvalue weighted by molar-refractivity contribution is -0.138. The number of aliphatic hydroxyl groups excluding tert-OH is 1. The van der Waals surface area contributed by atoms with Crippen LogP contribution in [0.2, 0.25) is 0 Å². The largest absolute Gasteiger partial charge is 0.483 e. The number of guanidine groups is 1. The highest BCUT2D eigenvalue weighted by Crippen LogP contribution is 2.21. The van der Waals surface area contributed by atoms with Crippen molar-refractivity contribution in [2.75, 3.05) is 0 Å². The quantitative estimate of drug-likeness (QED) is 0.330. The van der Waals surface area contributed by atoms with Crippen LogP contribution in [-0.2, 0) is 9.53 Å². The monoisotopic (exact) mass is 243 g/mol. The van der Waals surface area contributed by atoms with Crippen LogP contribution in [0.3, 0.4) is 0 Å². The minimum absolute atomic E-state index is 0.180. The average Bonchev–Trinajstić information content (AvgIpc) is 2.14. The maximum Gasteiger partial charge on any atom is 0.370 e. The number of nitrogens with one attached hydrogen (secondary N) is 2. The number of aliphatic carboxylic acids is 1. The van der Waals surface area contributed by atoms with Gasteiger partial charge in [-0.3, -0.25) is 5.41 Å². The highest BCUT2D eigenvalue weighted by atomic mass is 16.5. The Balaban J connectivity index is 2.74. The van der Waals surface area contributed by atoms with Gasteiger partial charge in [-0.1, -0.05) is 0 Å². The van der Waals surface area contributed by atoms with Crippen molar-refractivity contribution in [2.45, 2.75) is 38.0 Å². The van der Waals surface area contributed by atoms with Gasteiger partial charge in [-0.15, -0.1) is 0 Å². The molecule has 0 fully saturated rings. The molecule has 17 heavy (non-hydrogen) atoms. The number of ether oxygens (including phenoxy) is 1. The molecule has 3 atom stereocenters. The first-order chi connectivity index (χ1) is 7.88. The minimum Gasteiger partial charge on any atom is -0.483 e. The van der Waals surface area contributed by atoms with Crippen molar-refractivity contribution in [1.82, 2.24) is 5.32 Å². The summed E-state index contributed by atoms with van der Waals surface area (Å²) in [5.74, 6) is -1.58. The number of carboxylic acid groups (broad SMARTS) is 1. The van der Waals surface area contributed by atoms with Crippen LogP contribution in [0, 0.1) is 5.41 Å². The third kappa shape index (κ3) is 4.31. The molecule has 0 aliphatic carbocycles. The van der Waals surface area contributed by atoms with Gasteiger partial charge in [-0.25, -0.2) is 4.79 Å². The number of aliphatic hydroxyl groups is 1. The van der Waals surface area contributed by atoms with E-state index in [-0.39, 0.29) is 17.8 Å². The third-order valence-corrected chi connectivity index (χ3v) is 2.32. The number of hydrogen-bond acceptors (Lipinski definition) is 4. The van der Waals surface area contributed by atoms with E-state index in [9.17, 15) is 9.90 Å². The molecule has 1 rings (SSSR count). The van der Waals surface area contributed by atoms with Gasteiger partial charge in [0.25, 0.3) is 0 Å². The number of carbonyl (C=O) groups is 1. The molecule has 1 aliphatic rings. The predicted octanol–water partition coefficient (Wildman–Crippen LogP) is -0.634.